The van der Waals surface area contributed by atoms with Crippen LogP contribution in [0.3, 0.4) is 0 Å². The molecule has 1 heterocycles. The number of para-hydroxylation sites is 1. The Morgan fingerprint density at radius 1 is 0.943 bits per heavy atom. The van der Waals surface area contributed by atoms with Crippen LogP contribution in [0.5, 0.6) is 0 Å². The third-order valence-electron chi connectivity index (χ3n) is 6.73. The average molecular weight is 486 g/mol. The quantitative estimate of drug-likeness (QED) is 0.311. The van der Waals surface area contributed by atoms with Crippen molar-refractivity contribution in [2.75, 3.05) is 11.9 Å². The van der Waals surface area contributed by atoms with Gasteiger partial charge in [-0.25, -0.2) is 9.78 Å². The number of amides is 2. The number of aromatic nitrogens is 1. The van der Waals surface area contributed by atoms with Crippen molar-refractivity contribution >= 4 is 38.7 Å². The molecule has 0 radical (unpaired) electrons. The van der Waals surface area contributed by atoms with E-state index < -0.39 is 11.9 Å². The van der Waals surface area contributed by atoms with Crippen LogP contribution in [0, 0.1) is 5.92 Å². The molecule has 1 aliphatic carbocycles. The Morgan fingerprint density at radius 3 is 2.14 bits per heavy atom. The Bertz CT molecular complexity index is 1230. The fraction of sp³-hybridized carbons (Fsp3) is 0.250. The van der Waals surface area contributed by atoms with Gasteiger partial charge >= 0.3 is 12.0 Å². The maximum Gasteiger partial charge on any atom is 0.323 e. The van der Waals surface area contributed by atoms with Crippen LogP contribution in [0.15, 0.2) is 84.9 Å². The molecule has 1 aromatic heterocycles. The Labute approximate surface area is 208 Å². The first-order valence-corrected chi connectivity index (χ1v) is 12.7. The number of benzene rings is 3. The SMILES string of the molecule is O=C(Nc1nc2ccccc2s1)N(CCC(c1ccccc1)c1ccccc1)[C@H]1C[C@@H](C(=O)O)C1. The van der Waals surface area contributed by atoms with Crippen molar-refractivity contribution in [3.63, 3.8) is 0 Å². The van der Waals surface area contributed by atoms with E-state index in [2.05, 4.69) is 34.6 Å². The molecule has 2 N–H and O–H groups in total. The zero-order chi connectivity index (χ0) is 24.2. The van der Waals surface area contributed by atoms with E-state index in [0.717, 1.165) is 16.6 Å². The summed E-state index contributed by atoms with van der Waals surface area (Å²) in [6.07, 6.45) is 1.68. The third-order valence-corrected chi connectivity index (χ3v) is 7.69. The van der Waals surface area contributed by atoms with Gasteiger partial charge in [0.05, 0.1) is 16.1 Å². The van der Waals surface area contributed by atoms with E-state index in [1.54, 1.807) is 0 Å². The van der Waals surface area contributed by atoms with Crippen LogP contribution in [0.2, 0.25) is 0 Å². The number of hydrogen-bond donors (Lipinski definition) is 2. The third kappa shape index (κ3) is 5.20. The molecule has 6 nitrogen and oxygen atoms in total. The summed E-state index contributed by atoms with van der Waals surface area (Å²) in [5.41, 5.74) is 3.24. The van der Waals surface area contributed by atoms with Crippen molar-refractivity contribution in [3.8, 4) is 0 Å². The largest absolute Gasteiger partial charge is 0.481 e. The van der Waals surface area contributed by atoms with E-state index in [0.29, 0.717) is 24.5 Å². The van der Waals surface area contributed by atoms with Crippen LogP contribution in [-0.2, 0) is 4.79 Å². The van der Waals surface area contributed by atoms with Gasteiger partial charge in [0.15, 0.2) is 5.13 Å². The van der Waals surface area contributed by atoms with Crippen LogP contribution < -0.4 is 5.32 Å². The highest BCUT2D eigenvalue weighted by Gasteiger charge is 2.40. The van der Waals surface area contributed by atoms with E-state index >= 15 is 0 Å². The van der Waals surface area contributed by atoms with Gasteiger partial charge in [-0.05, 0) is 42.5 Å². The van der Waals surface area contributed by atoms with Gasteiger partial charge in [-0.1, -0.05) is 84.1 Å². The second-order valence-corrected chi connectivity index (χ2v) is 9.96. The maximum absolute atomic E-state index is 13.4. The number of nitrogens with one attached hydrogen (secondary N) is 1. The Morgan fingerprint density at radius 2 is 1.54 bits per heavy atom. The summed E-state index contributed by atoms with van der Waals surface area (Å²) in [4.78, 5) is 31.2. The zero-order valence-electron chi connectivity index (χ0n) is 19.2. The lowest BCUT2D eigenvalue weighted by atomic mass is 9.79. The highest BCUT2D eigenvalue weighted by atomic mass is 32.1. The summed E-state index contributed by atoms with van der Waals surface area (Å²) in [6.45, 7) is 0.516. The fourth-order valence-corrected chi connectivity index (χ4v) is 5.60. The van der Waals surface area contributed by atoms with Gasteiger partial charge in [-0.3, -0.25) is 10.1 Å². The van der Waals surface area contributed by atoms with Crippen molar-refractivity contribution in [1.82, 2.24) is 9.88 Å². The predicted octanol–water partition coefficient (Wildman–Crippen LogP) is 6.22. The van der Waals surface area contributed by atoms with E-state index in [9.17, 15) is 14.7 Å². The number of fused-ring (bicyclic) bond motifs is 1. The highest BCUT2D eigenvalue weighted by Crippen LogP contribution is 2.35. The lowest BCUT2D eigenvalue weighted by Crippen LogP contribution is -2.51. The summed E-state index contributed by atoms with van der Waals surface area (Å²) in [6, 6.07) is 28.1. The summed E-state index contributed by atoms with van der Waals surface area (Å²) in [5.74, 6) is -1.05. The zero-order valence-corrected chi connectivity index (χ0v) is 20.0. The van der Waals surface area contributed by atoms with Crippen LogP contribution >= 0.6 is 11.3 Å². The molecule has 2 amide bonds. The van der Waals surface area contributed by atoms with Gasteiger partial charge in [0.1, 0.15) is 0 Å². The molecule has 0 aliphatic heterocycles. The molecule has 5 rings (SSSR count). The summed E-state index contributed by atoms with van der Waals surface area (Å²) in [5, 5.41) is 12.9. The number of rotatable bonds is 8. The minimum Gasteiger partial charge on any atom is -0.481 e. The molecular formula is C28H27N3O3S. The molecule has 1 fully saturated rings. The van der Waals surface area contributed by atoms with Crippen molar-refractivity contribution in [1.29, 1.82) is 0 Å². The molecule has 1 aliphatic rings. The van der Waals surface area contributed by atoms with Crippen molar-refractivity contribution in [2.24, 2.45) is 5.92 Å². The van der Waals surface area contributed by atoms with Gasteiger partial charge in [0.2, 0.25) is 0 Å². The summed E-state index contributed by atoms with van der Waals surface area (Å²) < 4.78 is 1.01. The molecule has 0 atom stereocenters. The van der Waals surface area contributed by atoms with Gasteiger partial charge in [-0.2, -0.15) is 0 Å². The second kappa shape index (κ2) is 10.3. The number of anilines is 1. The Kier molecular flexibility index (Phi) is 6.77. The number of nitrogens with zero attached hydrogens (tertiary/aromatic N) is 2. The van der Waals surface area contributed by atoms with E-state index in [1.807, 2.05) is 65.6 Å². The number of thiazole rings is 1. The van der Waals surface area contributed by atoms with Crippen LogP contribution in [0.4, 0.5) is 9.93 Å². The first-order chi connectivity index (χ1) is 17.1. The van der Waals surface area contributed by atoms with Crippen molar-refractivity contribution in [3.05, 3.63) is 96.1 Å². The van der Waals surface area contributed by atoms with Gasteiger partial charge < -0.3 is 10.0 Å². The minimum atomic E-state index is -0.792. The number of hydrogen-bond acceptors (Lipinski definition) is 4. The van der Waals surface area contributed by atoms with Gasteiger partial charge in [0.25, 0.3) is 0 Å². The van der Waals surface area contributed by atoms with E-state index in [1.165, 1.54) is 22.5 Å². The number of carbonyl (C=O) groups is 2. The van der Waals surface area contributed by atoms with Crippen molar-refractivity contribution in [2.45, 2.75) is 31.2 Å². The molecule has 0 saturated heterocycles. The molecular weight excluding hydrogens is 458 g/mol. The molecule has 0 spiro atoms. The first kappa shape index (κ1) is 23.1. The molecule has 0 bridgehead atoms. The molecule has 1 saturated carbocycles. The number of carbonyl (C=O) groups excluding carboxylic acids is 1. The maximum atomic E-state index is 13.4. The Hall–Kier alpha value is -3.71. The minimum absolute atomic E-state index is 0.0994. The molecule has 35 heavy (non-hydrogen) atoms. The topological polar surface area (TPSA) is 82.5 Å². The standard InChI is InChI=1S/C28H27N3O3S/c32-26(33)21-17-22(18-21)31(28(34)30-27-29-24-13-7-8-14-25(24)35-27)16-15-23(19-9-3-1-4-10-19)20-11-5-2-6-12-20/h1-14,21-23H,15-18H2,(H,32,33)(H,29,30,34)/t21-,22+. The molecule has 3 aromatic carbocycles. The highest BCUT2D eigenvalue weighted by molar-refractivity contribution is 7.22. The molecule has 4 aromatic rings. The van der Waals surface area contributed by atoms with Gasteiger partial charge in [-0.15, -0.1) is 0 Å². The number of carboxylic acids is 1. The van der Waals surface area contributed by atoms with Crippen LogP contribution in [0.25, 0.3) is 10.2 Å². The normalized spacial score (nSPS) is 17.2. The van der Waals surface area contributed by atoms with Crippen molar-refractivity contribution < 1.29 is 14.7 Å². The second-order valence-electron chi connectivity index (χ2n) is 8.93. The number of aliphatic carboxylic acids is 1. The Balaban J connectivity index is 1.36. The van der Waals surface area contributed by atoms with Crippen LogP contribution in [0.1, 0.15) is 36.3 Å². The average Bonchev–Trinajstić information content (AvgIpc) is 3.25. The summed E-state index contributed by atoms with van der Waals surface area (Å²) in [7, 11) is 0. The summed E-state index contributed by atoms with van der Waals surface area (Å²) >= 11 is 1.44. The fourth-order valence-electron chi connectivity index (χ4n) is 4.75. The monoisotopic (exact) mass is 485 g/mol. The molecule has 0 unspecified atom stereocenters. The number of urea groups is 1. The molecule has 178 valence electrons. The lowest BCUT2D eigenvalue weighted by Gasteiger charge is -2.41. The smallest absolute Gasteiger partial charge is 0.323 e. The lowest BCUT2D eigenvalue weighted by molar-refractivity contribution is -0.146. The number of carboxylic acid groups (broad SMARTS) is 1. The van der Waals surface area contributed by atoms with Crippen LogP contribution in [-0.4, -0.2) is 39.6 Å². The first-order valence-electron chi connectivity index (χ1n) is 11.8. The molecule has 7 heteroatoms. The predicted molar refractivity (Wildman–Crippen MR) is 139 cm³/mol. The van der Waals surface area contributed by atoms with E-state index in [4.69, 9.17) is 0 Å². The van der Waals surface area contributed by atoms with Gasteiger partial charge in [0, 0.05) is 18.5 Å². The van der Waals surface area contributed by atoms with E-state index in [-0.39, 0.29) is 18.0 Å².